The molecule has 0 bridgehead atoms. The number of benzene rings is 1. The van der Waals surface area contributed by atoms with Crippen LogP contribution in [0, 0.1) is 6.92 Å². The van der Waals surface area contributed by atoms with E-state index in [-0.39, 0.29) is 0 Å². The molecule has 0 spiro atoms. The summed E-state index contributed by atoms with van der Waals surface area (Å²) in [6.45, 7) is 3.23. The molecule has 70 valence electrons. The average molecular weight is 176 g/mol. The molecule has 0 radical (unpaired) electrons. The normalized spacial score (nSPS) is 22.1. The Balaban J connectivity index is 2.32. The Kier molecular flexibility index (Phi) is 2.23. The Bertz CT molecular complexity index is 301. The monoisotopic (exact) mass is 176 g/mol. The highest BCUT2D eigenvalue weighted by molar-refractivity contribution is 5.50. The van der Waals surface area contributed by atoms with Gasteiger partial charge in [0.05, 0.1) is 0 Å². The Hall–Kier alpha value is -1.02. The van der Waals surface area contributed by atoms with Crippen LogP contribution >= 0.6 is 0 Å². The molecule has 2 rings (SSSR count). The summed E-state index contributed by atoms with van der Waals surface area (Å²) >= 11 is 0. The molecule has 13 heavy (non-hydrogen) atoms. The van der Waals surface area contributed by atoms with E-state index in [4.69, 9.17) is 5.73 Å². The van der Waals surface area contributed by atoms with Gasteiger partial charge < -0.3 is 11.1 Å². The van der Waals surface area contributed by atoms with Crippen LogP contribution in [0.4, 0.5) is 5.69 Å². The van der Waals surface area contributed by atoms with E-state index in [1.54, 1.807) is 0 Å². The Labute approximate surface area is 79.1 Å². The quantitative estimate of drug-likeness (QED) is 0.642. The van der Waals surface area contributed by atoms with Crippen molar-refractivity contribution in [3.05, 3.63) is 29.3 Å². The summed E-state index contributed by atoms with van der Waals surface area (Å²) in [5.41, 5.74) is 9.42. The summed E-state index contributed by atoms with van der Waals surface area (Å²) < 4.78 is 0. The van der Waals surface area contributed by atoms with Crippen molar-refractivity contribution in [1.29, 1.82) is 0 Å². The summed E-state index contributed by atoms with van der Waals surface area (Å²) in [5, 5.41) is 3.46. The maximum absolute atomic E-state index is 5.93. The molecule has 1 saturated heterocycles. The van der Waals surface area contributed by atoms with Gasteiger partial charge in [-0.2, -0.15) is 0 Å². The molecule has 2 heteroatoms. The van der Waals surface area contributed by atoms with Gasteiger partial charge in [-0.25, -0.2) is 0 Å². The highest BCUT2D eigenvalue weighted by Crippen LogP contribution is 2.28. The number of nitrogens with one attached hydrogen (secondary N) is 1. The molecule has 2 nitrogen and oxygen atoms in total. The van der Waals surface area contributed by atoms with Gasteiger partial charge in [-0.15, -0.1) is 0 Å². The van der Waals surface area contributed by atoms with E-state index in [0.29, 0.717) is 6.04 Å². The lowest BCUT2D eigenvalue weighted by molar-refractivity contribution is 0.649. The molecule has 1 heterocycles. The van der Waals surface area contributed by atoms with Gasteiger partial charge >= 0.3 is 0 Å². The molecule has 0 saturated carbocycles. The smallest absolute Gasteiger partial charge is 0.0362 e. The SMILES string of the molecule is Cc1ccc(N)c(C2CCCN2)c1. The molecule has 1 aliphatic rings. The standard InChI is InChI=1S/C11H16N2/c1-8-4-5-10(12)9(7-8)11-3-2-6-13-11/h4-5,7,11,13H,2-3,6,12H2,1H3. The van der Waals surface area contributed by atoms with Crippen LogP contribution in [0.3, 0.4) is 0 Å². The van der Waals surface area contributed by atoms with E-state index in [1.807, 2.05) is 6.07 Å². The molecular formula is C11H16N2. The van der Waals surface area contributed by atoms with E-state index in [2.05, 4.69) is 24.4 Å². The van der Waals surface area contributed by atoms with E-state index < -0.39 is 0 Å². The van der Waals surface area contributed by atoms with Crippen LogP contribution in [0.25, 0.3) is 0 Å². The van der Waals surface area contributed by atoms with Crippen molar-refractivity contribution in [3.8, 4) is 0 Å². The molecule has 0 amide bonds. The summed E-state index contributed by atoms with van der Waals surface area (Å²) in [7, 11) is 0. The van der Waals surface area contributed by atoms with Crippen LogP contribution in [-0.4, -0.2) is 6.54 Å². The average Bonchev–Trinajstić information content (AvgIpc) is 2.61. The highest BCUT2D eigenvalue weighted by atomic mass is 14.9. The van der Waals surface area contributed by atoms with Gasteiger partial charge in [0.15, 0.2) is 0 Å². The van der Waals surface area contributed by atoms with Gasteiger partial charge in [-0.3, -0.25) is 0 Å². The Morgan fingerprint density at radius 3 is 3.00 bits per heavy atom. The number of anilines is 1. The van der Waals surface area contributed by atoms with Crippen molar-refractivity contribution in [1.82, 2.24) is 5.32 Å². The minimum atomic E-state index is 0.486. The summed E-state index contributed by atoms with van der Waals surface area (Å²) in [6, 6.07) is 6.75. The molecule has 1 aromatic rings. The van der Waals surface area contributed by atoms with Crippen molar-refractivity contribution in [3.63, 3.8) is 0 Å². The number of hydrogen-bond donors (Lipinski definition) is 2. The fourth-order valence-corrected chi connectivity index (χ4v) is 1.95. The van der Waals surface area contributed by atoms with Crippen LogP contribution < -0.4 is 11.1 Å². The maximum atomic E-state index is 5.93. The zero-order valence-electron chi connectivity index (χ0n) is 8.01. The summed E-state index contributed by atoms with van der Waals surface area (Å²) in [5.74, 6) is 0. The molecule has 0 aliphatic carbocycles. The van der Waals surface area contributed by atoms with Crippen LogP contribution in [-0.2, 0) is 0 Å². The number of nitrogen functional groups attached to an aromatic ring is 1. The van der Waals surface area contributed by atoms with Crippen molar-refractivity contribution in [2.24, 2.45) is 0 Å². The minimum Gasteiger partial charge on any atom is -0.398 e. The van der Waals surface area contributed by atoms with Gasteiger partial charge in [-0.1, -0.05) is 17.7 Å². The van der Waals surface area contributed by atoms with Gasteiger partial charge in [-0.05, 0) is 37.9 Å². The third kappa shape index (κ3) is 1.68. The molecule has 0 aromatic heterocycles. The van der Waals surface area contributed by atoms with E-state index in [1.165, 1.54) is 24.0 Å². The lowest BCUT2D eigenvalue weighted by Gasteiger charge is -2.13. The maximum Gasteiger partial charge on any atom is 0.0362 e. The van der Waals surface area contributed by atoms with Gasteiger partial charge in [0, 0.05) is 11.7 Å². The largest absolute Gasteiger partial charge is 0.398 e. The third-order valence-corrected chi connectivity index (χ3v) is 2.68. The van der Waals surface area contributed by atoms with Gasteiger partial charge in [0.2, 0.25) is 0 Å². The number of hydrogen-bond acceptors (Lipinski definition) is 2. The first-order chi connectivity index (χ1) is 6.27. The molecule has 1 atom stereocenters. The second kappa shape index (κ2) is 3.38. The number of nitrogens with two attached hydrogens (primary N) is 1. The van der Waals surface area contributed by atoms with E-state index >= 15 is 0 Å². The Morgan fingerprint density at radius 1 is 1.46 bits per heavy atom. The predicted molar refractivity (Wildman–Crippen MR) is 55.6 cm³/mol. The second-order valence-corrected chi connectivity index (χ2v) is 3.78. The first-order valence-corrected chi connectivity index (χ1v) is 4.87. The van der Waals surface area contributed by atoms with Crippen LogP contribution in [0.15, 0.2) is 18.2 Å². The third-order valence-electron chi connectivity index (χ3n) is 2.68. The lowest BCUT2D eigenvalue weighted by Crippen LogP contribution is -2.14. The fraction of sp³-hybridized carbons (Fsp3) is 0.455. The zero-order chi connectivity index (χ0) is 9.26. The van der Waals surface area contributed by atoms with Gasteiger partial charge in [0.1, 0.15) is 0 Å². The van der Waals surface area contributed by atoms with Crippen LogP contribution in [0.5, 0.6) is 0 Å². The van der Waals surface area contributed by atoms with Crippen molar-refractivity contribution < 1.29 is 0 Å². The summed E-state index contributed by atoms with van der Waals surface area (Å²) in [6.07, 6.45) is 2.48. The molecule has 1 aliphatic heterocycles. The second-order valence-electron chi connectivity index (χ2n) is 3.78. The van der Waals surface area contributed by atoms with Crippen molar-refractivity contribution in [2.45, 2.75) is 25.8 Å². The van der Waals surface area contributed by atoms with Crippen LogP contribution in [0.2, 0.25) is 0 Å². The Morgan fingerprint density at radius 2 is 2.31 bits per heavy atom. The minimum absolute atomic E-state index is 0.486. The first kappa shape index (κ1) is 8.57. The predicted octanol–water partition coefficient (Wildman–Crippen LogP) is 2.00. The zero-order valence-corrected chi connectivity index (χ0v) is 8.01. The molecule has 1 aromatic carbocycles. The van der Waals surface area contributed by atoms with E-state index in [9.17, 15) is 0 Å². The van der Waals surface area contributed by atoms with Gasteiger partial charge in [0.25, 0.3) is 0 Å². The summed E-state index contributed by atoms with van der Waals surface area (Å²) in [4.78, 5) is 0. The molecule has 1 unspecified atom stereocenters. The van der Waals surface area contributed by atoms with Crippen molar-refractivity contribution in [2.75, 3.05) is 12.3 Å². The molecule has 1 fully saturated rings. The van der Waals surface area contributed by atoms with E-state index in [0.717, 1.165) is 12.2 Å². The molecule has 3 N–H and O–H groups in total. The fourth-order valence-electron chi connectivity index (χ4n) is 1.95. The number of aryl methyl sites for hydroxylation is 1. The van der Waals surface area contributed by atoms with Crippen LogP contribution in [0.1, 0.15) is 30.0 Å². The lowest BCUT2D eigenvalue weighted by atomic mass is 10.0. The highest BCUT2D eigenvalue weighted by Gasteiger charge is 2.17. The molecular weight excluding hydrogens is 160 g/mol. The first-order valence-electron chi connectivity index (χ1n) is 4.87. The number of rotatable bonds is 1. The topological polar surface area (TPSA) is 38.0 Å². The van der Waals surface area contributed by atoms with Crippen molar-refractivity contribution >= 4 is 5.69 Å².